The van der Waals surface area contributed by atoms with Crippen molar-refractivity contribution in [3.63, 3.8) is 0 Å². The molecule has 0 radical (unpaired) electrons. The number of benzene rings is 2. The van der Waals surface area contributed by atoms with Gasteiger partial charge in [0.1, 0.15) is 5.75 Å². The number of nitrogens with zero attached hydrogens (tertiary/aromatic N) is 3. The summed E-state index contributed by atoms with van der Waals surface area (Å²) in [6, 6.07) is 12.1. The van der Waals surface area contributed by atoms with Gasteiger partial charge in [-0.25, -0.2) is 8.42 Å². The van der Waals surface area contributed by atoms with Crippen molar-refractivity contribution >= 4 is 21.8 Å². The molecule has 2 aromatic rings. The Balaban J connectivity index is 1.51. The van der Waals surface area contributed by atoms with E-state index in [4.69, 9.17) is 4.74 Å². The van der Waals surface area contributed by atoms with Gasteiger partial charge in [0.2, 0.25) is 15.9 Å². The van der Waals surface area contributed by atoms with Crippen LogP contribution in [0.4, 0.5) is 0 Å². The molecule has 1 fully saturated rings. The van der Waals surface area contributed by atoms with Crippen molar-refractivity contribution in [1.82, 2.24) is 14.1 Å². The molecule has 0 saturated carbocycles. The van der Waals surface area contributed by atoms with Gasteiger partial charge in [0.05, 0.1) is 12.0 Å². The molecule has 9 heteroatoms. The molecule has 0 aliphatic carbocycles. The molecule has 0 bridgehead atoms. The fraction of sp³-hybridized carbons (Fsp3) is 0.391. The van der Waals surface area contributed by atoms with E-state index in [1.165, 1.54) is 28.9 Å². The molecular weight excluding hydrogens is 430 g/mol. The number of fused-ring (bicyclic) bond motifs is 1. The monoisotopic (exact) mass is 457 g/mol. The minimum absolute atomic E-state index is 0.0598. The molecule has 2 aliphatic heterocycles. The topological polar surface area (TPSA) is 87.2 Å². The van der Waals surface area contributed by atoms with E-state index in [0.29, 0.717) is 31.7 Å². The van der Waals surface area contributed by atoms with Gasteiger partial charge in [0, 0.05) is 51.8 Å². The smallest absolute Gasteiger partial charge is 0.254 e. The van der Waals surface area contributed by atoms with E-state index in [9.17, 15) is 18.0 Å². The van der Waals surface area contributed by atoms with Gasteiger partial charge in [-0.2, -0.15) is 4.31 Å². The van der Waals surface area contributed by atoms with Crippen LogP contribution in [0.15, 0.2) is 47.4 Å². The largest absolute Gasteiger partial charge is 0.497 e. The van der Waals surface area contributed by atoms with Crippen LogP contribution in [0.2, 0.25) is 0 Å². The summed E-state index contributed by atoms with van der Waals surface area (Å²) >= 11 is 0. The van der Waals surface area contributed by atoms with Crippen LogP contribution in [0.3, 0.4) is 0 Å². The number of piperazine rings is 1. The summed E-state index contributed by atoms with van der Waals surface area (Å²) in [4.78, 5) is 28.2. The van der Waals surface area contributed by atoms with Crippen LogP contribution in [-0.2, 0) is 27.8 Å². The highest BCUT2D eigenvalue weighted by molar-refractivity contribution is 7.89. The first-order chi connectivity index (χ1) is 15.3. The van der Waals surface area contributed by atoms with Crippen molar-refractivity contribution < 1.29 is 22.7 Å². The molecule has 0 spiro atoms. The fourth-order valence-corrected chi connectivity index (χ4v) is 5.67. The Kier molecular flexibility index (Phi) is 6.21. The van der Waals surface area contributed by atoms with E-state index in [-0.39, 0.29) is 29.8 Å². The molecule has 8 nitrogen and oxygen atoms in total. The minimum Gasteiger partial charge on any atom is -0.497 e. The van der Waals surface area contributed by atoms with E-state index in [2.05, 4.69) is 0 Å². The Morgan fingerprint density at radius 3 is 2.34 bits per heavy atom. The number of amides is 2. The number of hydrogen-bond donors (Lipinski definition) is 0. The zero-order valence-electron chi connectivity index (χ0n) is 18.3. The number of ether oxygens (including phenoxy) is 1. The van der Waals surface area contributed by atoms with Crippen molar-refractivity contribution in [3.05, 3.63) is 59.2 Å². The summed E-state index contributed by atoms with van der Waals surface area (Å²) in [6.45, 7) is 3.72. The number of hydrogen-bond acceptors (Lipinski definition) is 5. The average molecular weight is 458 g/mol. The Labute approximate surface area is 188 Å². The Morgan fingerprint density at radius 1 is 0.906 bits per heavy atom. The summed E-state index contributed by atoms with van der Waals surface area (Å²) in [5.74, 6) is 0.489. The van der Waals surface area contributed by atoms with Gasteiger partial charge in [-0.1, -0.05) is 12.1 Å². The van der Waals surface area contributed by atoms with Crippen LogP contribution in [0.25, 0.3) is 0 Å². The Hall–Kier alpha value is -2.91. The molecule has 32 heavy (non-hydrogen) atoms. The highest BCUT2D eigenvalue weighted by atomic mass is 32.2. The molecule has 170 valence electrons. The fourth-order valence-electron chi connectivity index (χ4n) is 4.20. The standard InChI is InChI=1S/C23H27N3O5S/c1-17(27)24-10-12-26(13-11-24)32(29,30)22-5-3-4-19(15-22)23(28)25-9-8-18-6-7-21(31-2)14-20(18)16-25/h3-7,14-15H,8-13,16H2,1-2H3. The molecule has 0 atom stereocenters. The minimum atomic E-state index is -3.75. The van der Waals surface area contributed by atoms with Crippen molar-refractivity contribution in [3.8, 4) is 5.75 Å². The van der Waals surface area contributed by atoms with E-state index in [1.807, 2.05) is 18.2 Å². The van der Waals surface area contributed by atoms with Crippen LogP contribution < -0.4 is 4.74 Å². The maximum atomic E-state index is 13.2. The third kappa shape index (κ3) is 4.35. The van der Waals surface area contributed by atoms with Crippen LogP contribution in [0.1, 0.15) is 28.4 Å². The van der Waals surface area contributed by atoms with Gasteiger partial charge in [-0.3, -0.25) is 9.59 Å². The summed E-state index contributed by atoms with van der Waals surface area (Å²) in [6.07, 6.45) is 0.740. The molecular formula is C23H27N3O5S. The number of methoxy groups -OCH3 is 1. The van der Waals surface area contributed by atoms with Gasteiger partial charge in [0.25, 0.3) is 5.91 Å². The zero-order valence-corrected chi connectivity index (χ0v) is 19.1. The first-order valence-corrected chi connectivity index (χ1v) is 12.0. The van der Waals surface area contributed by atoms with Crippen LogP contribution in [0, 0.1) is 0 Å². The lowest BCUT2D eigenvalue weighted by molar-refractivity contribution is -0.129. The lowest BCUT2D eigenvalue weighted by Gasteiger charge is -2.33. The normalized spacial score (nSPS) is 17.1. The van der Waals surface area contributed by atoms with Crippen molar-refractivity contribution in [1.29, 1.82) is 0 Å². The van der Waals surface area contributed by atoms with Gasteiger partial charge >= 0.3 is 0 Å². The SMILES string of the molecule is COc1ccc2c(c1)CN(C(=O)c1cccc(S(=O)(=O)N3CCN(C(C)=O)CC3)c1)CC2. The maximum absolute atomic E-state index is 13.2. The quantitative estimate of drug-likeness (QED) is 0.698. The van der Waals surface area contributed by atoms with Crippen LogP contribution in [0.5, 0.6) is 5.75 Å². The Morgan fingerprint density at radius 2 is 1.66 bits per heavy atom. The third-order valence-corrected chi connectivity index (χ3v) is 8.01. The van der Waals surface area contributed by atoms with Gasteiger partial charge in [-0.15, -0.1) is 0 Å². The average Bonchev–Trinajstić information content (AvgIpc) is 2.83. The second-order valence-corrected chi connectivity index (χ2v) is 9.99. The van der Waals surface area contributed by atoms with E-state index < -0.39 is 10.0 Å². The molecule has 2 aliphatic rings. The third-order valence-electron chi connectivity index (χ3n) is 6.12. The van der Waals surface area contributed by atoms with Gasteiger partial charge < -0.3 is 14.5 Å². The zero-order chi connectivity index (χ0) is 22.9. The van der Waals surface area contributed by atoms with E-state index in [0.717, 1.165) is 17.7 Å². The maximum Gasteiger partial charge on any atom is 0.254 e. The number of rotatable bonds is 4. The van der Waals surface area contributed by atoms with Crippen LogP contribution >= 0.6 is 0 Å². The predicted octanol–water partition coefficient (Wildman–Crippen LogP) is 1.75. The second-order valence-electron chi connectivity index (χ2n) is 8.05. The molecule has 0 N–H and O–H groups in total. The molecule has 2 heterocycles. The van der Waals surface area contributed by atoms with Gasteiger partial charge in [0.15, 0.2) is 0 Å². The van der Waals surface area contributed by atoms with Gasteiger partial charge in [-0.05, 0) is 47.9 Å². The summed E-state index contributed by atoms with van der Waals surface area (Å²) in [5, 5.41) is 0. The first-order valence-electron chi connectivity index (χ1n) is 10.6. The molecule has 4 rings (SSSR count). The van der Waals surface area contributed by atoms with Crippen molar-refractivity contribution in [2.75, 3.05) is 39.8 Å². The summed E-state index contributed by atoms with van der Waals surface area (Å²) in [5.41, 5.74) is 2.58. The summed E-state index contributed by atoms with van der Waals surface area (Å²) in [7, 11) is -2.14. The van der Waals surface area contributed by atoms with E-state index in [1.54, 1.807) is 29.0 Å². The molecule has 2 amide bonds. The lowest BCUT2D eigenvalue weighted by Crippen LogP contribution is -2.49. The number of sulfonamides is 1. The molecule has 0 aromatic heterocycles. The highest BCUT2D eigenvalue weighted by Gasteiger charge is 2.30. The van der Waals surface area contributed by atoms with E-state index >= 15 is 0 Å². The second kappa shape index (κ2) is 8.91. The van der Waals surface area contributed by atoms with Crippen molar-refractivity contribution in [2.24, 2.45) is 0 Å². The number of carbonyl (C=O) groups excluding carboxylic acids is 2. The van der Waals surface area contributed by atoms with Crippen LogP contribution in [-0.4, -0.2) is 74.2 Å². The number of carbonyl (C=O) groups is 2. The van der Waals surface area contributed by atoms with Crippen molar-refractivity contribution in [2.45, 2.75) is 24.8 Å². The molecule has 1 saturated heterocycles. The lowest BCUT2D eigenvalue weighted by atomic mass is 9.99. The Bertz CT molecular complexity index is 1140. The highest BCUT2D eigenvalue weighted by Crippen LogP contribution is 2.26. The molecule has 2 aromatic carbocycles. The molecule has 0 unspecified atom stereocenters. The first kappa shape index (κ1) is 22.3. The predicted molar refractivity (Wildman–Crippen MR) is 119 cm³/mol. The summed E-state index contributed by atoms with van der Waals surface area (Å²) < 4.78 is 32.9.